The van der Waals surface area contributed by atoms with Crippen molar-refractivity contribution in [1.82, 2.24) is 15.5 Å². The molecule has 0 radical (unpaired) electrons. The van der Waals surface area contributed by atoms with Crippen LogP contribution >= 0.6 is 0 Å². The number of amides is 2. The average Bonchev–Trinajstić information content (AvgIpc) is 3.12. The van der Waals surface area contributed by atoms with Gasteiger partial charge in [0.2, 0.25) is 5.91 Å². The number of methoxy groups -OCH3 is 1. The van der Waals surface area contributed by atoms with Gasteiger partial charge in [-0.3, -0.25) is 19.9 Å². The second-order valence-corrected chi connectivity index (χ2v) is 11.2. The Morgan fingerprint density at radius 1 is 1.24 bits per heavy atom. The van der Waals surface area contributed by atoms with Crippen LogP contribution in [-0.2, 0) is 16.0 Å². The van der Waals surface area contributed by atoms with Gasteiger partial charge >= 0.3 is 0 Å². The van der Waals surface area contributed by atoms with Crippen LogP contribution in [-0.4, -0.2) is 58.7 Å². The highest BCUT2D eigenvalue weighted by Crippen LogP contribution is 2.44. The Labute approximate surface area is 216 Å². The number of fused-ring (bicyclic) bond motifs is 2. The highest BCUT2D eigenvalue weighted by atomic mass is 16.5. The van der Waals surface area contributed by atoms with E-state index in [1.165, 1.54) is 4.90 Å². The van der Waals surface area contributed by atoms with E-state index in [4.69, 9.17) is 14.9 Å². The fourth-order valence-corrected chi connectivity index (χ4v) is 5.81. The minimum absolute atomic E-state index is 0.0272. The quantitative estimate of drug-likeness (QED) is 0.495. The lowest BCUT2D eigenvalue weighted by molar-refractivity contribution is -0.134. The van der Waals surface area contributed by atoms with E-state index < -0.39 is 29.3 Å². The maximum Gasteiger partial charge on any atom is 0.251 e. The van der Waals surface area contributed by atoms with Gasteiger partial charge in [0.1, 0.15) is 11.4 Å². The van der Waals surface area contributed by atoms with Crippen molar-refractivity contribution in [3.63, 3.8) is 0 Å². The summed E-state index contributed by atoms with van der Waals surface area (Å²) in [7, 11) is 1.60. The molecular weight excluding hydrogens is 472 g/mol. The lowest BCUT2D eigenvalue weighted by Gasteiger charge is -2.47. The van der Waals surface area contributed by atoms with Crippen molar-refractivity contribution in [3.05, 3.63) is 64.7 Å². The van der Waals surface area contributed by atoms with Crippen LogP contribution in [0.5, 0.6) is 5.75 Å². The number of aliphatic hydroxyl groups is 1. The van der Waals surface area contributed by atoms with Gasteiger partial charge < -0.3 is 25.2 Å². The number of hydrogen-bond donors (Lipinski definition) is 4. The number of aliphatic hydroxyl groups excluding tert-OH is 1. The molecule has 9 nitrogen and oxygen atoms in total. The summed E-state index contributed by atoms with van der Waals surface area (Å²) in [5.74, 6) is 0.0854. The Bertz CT molecular complexity index is 1240. The summed E-state index contributed by atoms with van der Waals surface area (Å²) >= 11 is 0. The Morgan fingerprint density at radius 3 is 2.73 bits per heavy atom. The molecule has 2 unspecified atom stereocenters. The highest BCUT2D eigenvalue weighted by molar-refractivity contribution is 6.00. The molecule has 1 fully saturated rings. The van der Waals surface area contributed by atoms with Crippen LogP contribution in [0.3, 0.4) is 0 Å². The first-order valence-corrected chi connectivity index (χ1v) is 12.6. The molecule has 2 aromatic rings. The standard InChI is InChI=1S/C28H34N4O5/c1-27(2)14-23(34)32(26(29)31-27)20-13-28(3,15-36-4)37-22-10-9-17(11-19(20)22)25(35)30-24-18-8-6-5-7-16(18)12-21(24)33/h5-11,20-21,24,33H,12-15H2,1-4H3,(H2,29,31)(H,30,35)/t20?,21-,24-,28?/m1/s1. The summed E-state index contributed by atoms with van der Waals surface area (Å²) < 4.78 is 11.7. The monoisotopic (exact) mass is 506 g/mol. The van der Waals surface area contributed by atoms with Crippen LogP contribution in [0.25, 0.3) is 0 Å². The second-order valence-electron chi connectivity index (χ2n) is 11.2. The number of benzene rings is 2. The van der Waals surface area contributed by atoms with Gasteiger partial charge in [-0.2, -0.15) is 0 Å². The molecule has 3 aliphatic rings. The molecule has 5 rings (SSSR count). The van der Waals surface area contributed by atoms with E-state index in [-0.39, 0.29) is 24.2 Å². The molecule has 4 N–H and O–H groups in total. The molecular formula is C28H34N4O5. The lowest BCUT2D eigenvalue weighted by atomic mass is 9.85. The Hall–Kier alpha value is -3.43. The highest BCUT2D eigenvalue weighted by Gasteiger charge is 2.46. The topological polar surface area (TPSA) is 124 Å². The molecule has 1 saturated heterocycles. The fraction of sp³-hybridized carbons (Fsp3) is 0.464. The summed E-state index contributed by atoms with van der Waals surface area (Å²) in [5, 5.41) is 25.3. The third-order valence-corrected chi connectivity index (χ3v) is 7.42. The van der Waals surface area contributed by atoms with Crippen molar-refractivity contribution in [2.75, 3.05) is 13.7 Å². The zero-order valence-corrected chi connectivity index (χ0v) is 21.6. The number of hydrogen-bond acceptors (Lipinski definition) is 6. The Morgan fingerprint density at radius 2 is 2.00 bits per heavy atom. The summed E-state index contributed by atoms with van der Waals surface area (Å²) in [5.41, 5.74) is 1.75. The predicted octanol–water partition coefficient (Wildman–Crippen LogP) is 2.84. The Balaban J connectivity index is 1.48. The summed E-state index contributed by atoms with van der Waals surface area (Å²) in [6, 6.07) is 11.8. The predicted molar refractivity (Wildman–Crippen MR) is 137 cm³/mol. The number of nitrogens with zero attached hydrogens (tertiary/aromatic N) is 1. The van der Waals surface area contributed by atoms with E-state index >= 15 is 0 Å². The molecule has 2 aliphatic heterocycles. The van der Waals surface area contributed by atoms with E-state index in [9.17, 15) is 14.7 Å². The van der Waals surface area contributed by atoms with E-state index in [2.05, 4.69) is 10.6 Å². The first-order chi connectivity index (χ1) is 17.5. The zero-order chi connectivity index (χ0) is 26.5. The molecule has 2 aromatic carbocycles. The van der Waals surface area contributed by atoms with Gasteiger partial charge in [-0.15, -0.1) is 0 Å². The van der Waals surface area contributed by atoms with Gasteiger partial charge in [0.15, 0.2) is 5.96 Å². The maximum absolute atomic E-state index is 13.4. The fourth-order valence-electron chi connectivity index (χ4n) is 5.81. The lowest BCUT2D eigenvalue weighted by Crippen LogP contribution is -2.61. The molecule has 0 bridgehead atoms. The van der Waals surface area contributed by atoms with Gasteiger partial charge in [0.05, 0.1) is 24.8 Å². The van der Waals surface area contributed by atoms with Crippen molar-refractivity contribution >= 4 is 17.8 Å². The average molecular weight is 507 g/mol. The number of ether oxygens (including phenoxy) is 2. The third kappa shape index (κ3) is 4.69. The van der Waals surface area contributed by atoms with E-state index in [1.807, 2.05) is 45.0 Å². The van der Waals surface area contributed by atoms with Gasteiger partial charge in [0.25, 0.3) is 5.91 Å². The van der Waals surface area contributed by atoms with E-state index in [0.29, 0.717) is 36.3 Å². The van der Waals surface area contributed by atoms with Crippen LogP contribution in [0.1, 0.15) is 72.7 Å². The van der Waals surface area contributed by atoms with Gasteiger partial charge in [-0.25, -0.2) is 0 Å². The van der Waals surface area contributed by atoms with Crippen molar-refractivity contribution in [2.24, 2.45) is 0 Å². The molecule has 1 aliphatic carbocycles. The van der Waals surface area contributed by atoms with Gasteiger partial charge in [-0.05, 0) is 50.1 Å². The van der Waals surface area contributed by atoms with Crippen LogP contribution < -0.4 is 15.4 Å². The number of guanidine groups is 1. The molecule has 4 atom stereocenters. The maximum atomic E-state index is 13.4. The molecule has 0 spiro atoms. The summed E-state index contributed by atoms with van der Waals surface area (Å²) in [6.07, 6.45) is 0.416. The van der Waals surface area contributed by atoms with Crippen molar-refractivity contribution < 1.29 is 24.2 Å². The smallest absolute Gasteiger partial charge is 0.251 e. The number of carbonyl (C=O) groups is 2. The normalized spacial score (nSPS) is 28.1. The number of nitrogens with one attached hydrogen (secondary N) is 3. The van der Waals surface area contributed by atoms with Crippen molar-refractivity contribution in [1.29, 1.82) is 5.41 Å². The van der Waals surface area contributed by atoms with Gasteiger partial charge in [0, 0.05) is 43.0 Å². The molecule has 2 amide bonds. The second kappa shape index (κ2) is 9.15. The number of rotatable bonds is 5. The molecule has 196 valence electrons. The third-order valence-electron chi connectivity index (χ3n) is 7.42. The van der Waals surface area contributed by atoms with Crippen LogP contribution in [0.2, 0.25) is 0 Å². The SMILES string of the molecule is COCC1(C)CC(N2C(=N)NC(C)(C)CC2=O)c2cc(C(=O)N[C@@H]3c4ccccc4C[C@H]3O)ccc2O1. The van der Waals surface area contributed by atoms with Crippen LogP contribution in [0, 0.1) is 5.41 Å². The van der Waals surface area contributed by atoms with Crippen molar-refractivity contribution in [3.8, 4) is 5.75 Å². The molecule has 0 saturated carbocycles. The molecule has 2 heterocycles. The zero-order valence-electron chi connectivity index (χ0n) is 21.6. The summed E-state index contributed by atoms with van der Waals surface area (Å²) in [6.45, 7) is 6.00. The Kier molecular flexibility index (Phi) is 6.24. The first kappa shape index (κ1) is 25.2. The number of carbonyl (C=O) groups excluding carboxylic acids is 2. The van der Waals surface area contributed by atoms with Crippen molar-refractivity contribution in [2.45, 2.75) is 69.4 Å². The minimum atomic E-state index is -0.721. The molecule has 0 aromatic heterocycles. The van der Waals surface area contributed by atoms with E-state index in [1.54, 1.807) is 25.3 Å². The minimum Gasteiger partial charge on any atom is -0.485 e. The van der Waals surface area contributed by atoms with Crippen LogP contribution in [0.15, 0.2) is 42.5 Å². The van der Waals surface area contributed by atoms with Crippen LogP contribution in [0.4, 0.5) is 0 Å². The molecule has 9 heteroatoms. The first-order valence-electron chi connectivity index (χ1n) is 12.6. The largest absolute Gasteiger partial charge is 0.485 e. The van der Waals surface area contributed by atoms with E-state index in [0.717, 1.165) is 11.1 Å². The molecule has 37 heavy (non-hydrogen) atoms. The van der Waals surface area contributed by atoms with Gasteiger partial charge in [-0.1, -0.05) is 24.3 Å². The summed E-state index contributed by atoms with van der Waals surface area (Å²) in [4.78, 5) is 28.1.